The summed E-state index contributed by atoms with van der Waals surface area (Å²) in [4.78, 5) is 37.4. The number of carbonyl (C=O) groups excluding carboxylic acids is 3. The molecule has 3 rings (SSSR count). The summed E-state index contributed by atoms with van der Waals surface area (Å²) >= 11 is 13.1. The SMILES string of the molecule is NC(=O)COc1ccccc1/C=C1/SC(=O)N(Cc2c(Cl)cccc2Cl)C1=O. The van der Waals surface area contributed by atoms with Crippen molar-refractivity contribution < 1.29 is 19.1 Å². The minimum Gasteiger partial charge on any atom is -0.483 e. The fraction of sp³-hybridized carbons (Fsp3) is 0.105. The second kappa shape index (κ2) is 8.68. The van der Waals surface area contributed by atoms with Crippen molar-refractivity contribution in [1.82, 2.24) is 4.90 Å². The van der Waals surface area contributed by atoms with Crippen molar-refractivity contribution in [3.05, 3.63) is 68.5 Å². The summed E-state index contributed by atoms with van der Waals surface area (Å²) in [5.41, 5.74) is 6.15. The van der Waals surface area contributed by atoms with Gasteiger partial charge >= 0.3 is 0 Å². The predicted molar refractivity (Wildman–Crippen MR) is 109 cm³/mol. The summed E-state index contributed by atoms with van der Waals surface area (Å²) in [6.07, 6.45) is 1.54. The zero-order valence-corrected chi connectivity index (χ0v) is 16.7. The third kappa shape index (κ3) is 4.49. The molecule has 3 amide bonds. The monoisotopic (exact) mass is 436 g/mol. The highest BCUT2D eigenvalue weighted by Gasteiger charge is 2.35. The molecule has 1 aliphatic heterocycles. The Balaban J connectivity index is 1.85. The molecule has 1 heterocycles. The summed E-state index contributed by atoms with van der Waals surface area (Å²) in [6, 6.07) is 11.8. The van der Waals surface area contributed by atoms with Crippen molar-refractivity contribution in [1.29, 1.82) is 0 Å². The average Bonchev–Trinajstić information content (AvgIpc) is 2.91. The Bertz CT molecular complexity index is 973. The highest BCUT2D eigenvalue weighted by Crippen LogP contribution is 2.36. The summed E-state index contributed by atoms with van der Waals surface area (Å²) in [5, 5.41) is 0.323. The molecule has 0 saturated carbocycles. The molecular weight excluding hydrogens is 423 g/mol. The molecule has 144 valence electrons. The first-order chi connectivity index (χ1) is 13.4. The van der Waals surface area contributed by atoms with Crippen molar-refractivity contribution >= 4 is 58.1 Å². The lowest BCUT2D eigenvalue weighted by molar-refractivity contribution is -0.123. The maximum atomic E-state index is 12.7. The predicted octanol–water partition coefficient (Wildman–Crippen LogP) is 4.09. The first-order valence-electron chi connectivity index (χ1n) is 8.05. The molecule has 9 heteroatoms. The van der Waals surface area contributed by atoms with Gasteiger partial charge in [-0.3, -0.25) is 19.3 Å². The third-order valence-electron chi connectivity index (χ3n) is 3.83. The molecule has 1 saturated heterocycles. The van der Waals surface area contributed by atoms with Crippen LogP contribution in [0.5, 0.6) is 5.75 Å². The van der Waals surface area contributed by atoms with Gasteiger partial charge in [-0.05, 0) is 36.0 Å². The van der Waals surface area contributed by atoms with Crippen LogP contribution >= 0.6 is 35.0 Å². The topological polar surface area (TPSA) is 89.7 Å². The molecule has 0 unspecified atom stereocenters. The van der Waals surface area contributed by atoms with Gasteiger partial charge in [0, 0.05) is 21.2 Å². The number of nitrogens with zero attached hydrogens (tertiary/aromatic N) is 1. The quantitative estimate of drug-likeness (QED) is 0.688. The largest absolute Gasteiger partial charge is 0.483 e. The van der Waals surface area contributed by atoms with Gasteiger partial charge in [0.25, 0.3) is 17.1 Å². The van der Waals surface area contributed by atoms with E-state index in [4.69, 9.17) is 33.7 Å². The van der Waals surface area contributed by atoms with Gasteiger partial charge in [0.15, 0.2) is 6.61 Å². The van der Waals surface area contributed by atoms with E-state index < -0.39 is 17.1 Å². The number of hydrogen-bond donors (Lipinski definition) is 1. The number of thioether (sulfide) groups is 1. The van der Waals surface area contributed by atoms with E-state index in [1.807, 2.05) is 0 Å². The van der Waals surface area contributed by atoms with E-state index in [0.717, 1.165) is 16.7 Å². The van der Waals surface area contributed by atoms with Gasteiger partial charge in [0.1, 0.15) is 5.75 Å². The summed E-state index contributed by atoms with van der Waals surface area (Å²) < 4.78 is 5.35. The van der Waals surface area contributed by atoms with Crippen molar-refractivity contribution in [3.63, 3.8) is 0 Å². The van der Waals surface area contributed by atoms with Gasteiger partial charge in [-0.2, -0.15) is 0 Å². The van der Waals surface area contributed by atoms with Gasteiger partial charge in [-0.1, -0.05) is 47.5 Å². The Labute approximate surface area is 175 Å². The number of nitrogens with two attached hydrogens (primary N) is 1. The minimum absolute atomic E-state index is 0.0274. The highest BCUT2D eigenvalue weighted by molar-refractivity contribution is 8.18. The molecule has 0 aliphatic carbocycles. The molecule has 1 fully saturated rings. The lowest BCUT2D eigenvalue weighted by Crippen LogP contribution is -2.27. The van der Waals surface area contributed by atoms with E-state index in [1.165, 1.54) is 6.08 Å². The van der Waals surface area contributed by atoms with E-state index in [0.29, 0.717) is 26.9 Å². The fourth-order valence-electron chi connectivity index (χ4n) is 2.50. The average molecular weight is 437 g/mol. The molecule has 6 nitrogen and oxygen atoms in total. The van der Waals surface area contributed by atoms with E-state index in [1.54, 1.807) is 42.5 Å². The molecule has 2 N–H and O–H groups in total. The minimum atomic E-state index is -0.619. The van der Waals surface area contributed by atoms with Crippen LogP contribution in [0.1, 0.15) is 11.1 Å². The molecule has 0 aromatic heterocycles. The number of imide groups is 1. The van der Waals surface area contributed by atoms with Gasteiger partial charge in [0.2, 0.25) is 0 Å². The Kier molecular flexibility index (Phi) is 6.28. The van der Waals surface area contributed by atoms with Crippen LogP contribution in [-0.4, -0.2) is 28.6 Å². The van der Waals surface area contributed by atoms with E-state index >= 15 is 0 Å². The van der Waals surface area contributed by atoms with E-state index in [-0.39, 0.29) is 18.1 Å². The van der Waals surface area contributed by atoms with Gasteiger partial charge in [0.05, 0.1) is 11.4 Å². The van der Waals surface area contributed by atoms with Crippen molar-refractivity contribution in [2.75, 3.05) is 6.61 Å². The Morgan fingerprint density at radius 1 is 1.11 bits per heavy atom. The molecule has 0 radical (unpaired) electrons. The third-order valence-corrected chi connectivity index (χ3v) is 5.44. The smallest absolute Gasteiger partial charge is 0.293 e. The van der Waals surface area contributed by atoms with Crippen LogP contribution in [0.2, 0.25) is 10.0 Å². The molecule has 2 aromatic rings. The maximum Gasteiger partial charge on any atom is 0.293 e. The molecule has 28 heavy (non-hydrogen) atoms. The van der Waals surface area contributed by atoms with Crippen LogP contribution in [0.25, 0.3) is 6.08 Å². The van der Waals surface area contributed by atoms with Crippen molar-refractivity contribution in [2.24, 2.45) is 5.73 Å². The number of halogens is 2. The second-order valence-corrected chi connectivity index (χ2v) is 7.57. The van der Waals surface area contributed by atoms with E-state index in [9.17, 15) is 14.4 Å². The Hall–Kier alpha value is -2.48. The fourth-order valence-corrected chi connectivity index (χ4v) is 3.85. The highest BCUT2D eigenvalue weighted by atomic mass is 35.5. The molecule has 1 aliphatic rings. The lowest BCUT2D eigenvalue weighted by Gasteiger charge is -2.14. The second-order valence-electron chi connectivity index (χ2n) is 5.76. The maximum absolute atomic E-state index is 12.7. The number of rotatable bonds is 6. The van der Waals surface area contributed by atoms with Crippen LogP contribution in [0, 0.1) is 0 Å². The zero-order valence-electron chi connectivity index (χ0n) is 14.4. The number of hydrogen-bond acceptors (Lipinski definition) is 5. The van der Waals surface area contributed by atoms with Gasteiger partial charge in [-0.15, -0.1) is 0 Å². The molecular formula is C19H14Cl2N2O4S. The Morgan fingerprint density at radius 3 is 2.46 bits per heavy atom. The molecule has 0 atom stereocenters. The van der Waals surface area contributed by atoms with Crippen LogP contribution in [0.4, 0.5) is 4.79 Å². The van der Waals surface area contributed by atoms with Crippen LogP contribution in [-0.2, 0) is 16.1 Å². The first kappa shape index (κ1) is 20.3. The lowest BCUT2D eigenvalue weighted by atomic mass is 10.1. The summed E-state index contributed by atoms with van der Waals surface area (Å²) in [6.45, 7) is -0.322. The number of benzene rings is 2. The first-order valence-corrected chi connectivity index (χ1v) is 9.62. The molecule has 0 bridgehead atoms. The number of ether oxygens (including phenoxy) is 1. The molecule has 0 spiro atoms. The Morgan fingerprint density at radius 2 is 1.79 bits per heavy atom. The summed E-state index contributed by atoms with van der Waals surface area (Å²) in [5.74, 6) is -0.704. The zero-order chi connectivity index (χ0) is 20.3. The standard InChI is InChI=1S/C19H14Cl2N2O4S/c20-13-5-3-6-14(21)12(13)9-23-18(25)16(28-19(23)26)8-11-4-1-2-7-15(11)27-10-17(22)24/h1-8H,9-10H2,(H2,22,24)/b16-8+. The van der Waals surface area contributed by atoms with Crippen LogP contribution < -0.4 is 10.5 Å². The van der Waals surface area contributed by atoms with Crippen LogP contribution in [0.15, 0.2) is 47.4 Å². The van der Waals surface area contributed by atoms with Crippen molar-refractivity contribution in [3.8, 4) is 5.75 Å². The van der Waals surface area contributed by atoms with Crippen LogP contribution in [0.3, 0.4) is 0 Å². The van der Waals surface area contributed by atoms with Gasteiger partial charge < -0.3 is 10.5 Å². The number of carbonyl (C=O) groups is 3. The van der Waals surface area contributed by atoms with Gasteiger partial charge in [-0.25, -0.2) is 0 Å². The summed E-state index contributed by atoms with van der Waals surface area (Å²) in [7, 11) is 0. The number of para-hydroxylation sites is 1. The number of amides is 3. The molecule has 2 aromatic carbocycles. The van der Waals surface area contributed by atoms with E-state index in [2.05, 4.69) is 0 Å². The van der Waals surface area contributed by atoms with Crippen molar-refractivity contribution in [2.45, 2.75) is 6.54 Å². The normalized spacial score (nSPS) is 15.4. The number of primary amides is 1.